The number of benzene rings is 1. The number of rotatable bonds is 7. The van der Waals surface area contributed by atoms with Crippen LogP contribution in [0, 0.1) is 6.92 Å². The van der Waals surface area contributed by atoms with Crippen LogP contribution in [0.25, 0.3) is 10.9 Å². The van der Waals surface area contributed by atoms with Crippen LogP contribution in [-0.2, 0) is 4.79 Å². The van der Waals surface area contributed by atoms with Crippen LogP contribution in [0.15, 0.2) is 35.4 Å². The molecule has 8 heteroatoms. The second-order valence-electron chi connectivity index (χ2n) is 8.33. The second-order valence-corrected chi connectivity index (χ2v) is 10.4. The lowest BCUT2D eigenvalue weighted by atomic mass is 10.0. The molecule has 1 N–H and O–H groups in total. The van der Waals surface area contributed by atoms with Crippen LogP contribution in [0.1, 0.15) is 54.0 Å². The molecule has 0 aliphatic rings. The average molecular weight is 458 g/mol. The van der Waals surface area contributed by atoms with E-state index in [0.717, 1.165) is 26.6 Å². The first-order chi connectivity index (χ1) is 14.6. The molecule has 2 heterocycles. The largest absolute Gasteiger partial charge is 0.497 e. The van der Waals surface area contributed by atoms with Gasteiger partial charge in [-0.1, -0.05) is 11.8 Å². The molecule has 1 amide bonds. The molecular formula is C23H27N3O3S2. The first kappa shape index (κ1) is 23.2. The van der Waals surface area contributed by atoms with E-state index in [1.165, 1.54) is 23.1 Å². The Balaban J connectivity index is 1.73. The molecule has 6 nitrogen and oxygen atoms in total. The van der Waals surface area contributed by atoms with Crippen molar-refractivity contribution in [3.63, 3.8) is 0 Å². The minimum Gasteiger partial charge on any atom is -0.497 e. The number of thioether (sulfide) groups is 1. The molecule has 0 aliphatic carbocycles. The molecule has 0 radical (unpaired) electrons. The summed E-state index contributed by atoms with van der Waals surface area (Å²) in [6.07, 6.45) is 0. The fraction of sp³-hybridized carbons (Fsp3) is 0.391. The lowest BCUT2D eigenvalue weighted by Gasteiger charge is -2.22. The third-order valence-electron chi connectivity index (χ3n) is 4.54. The van der Waals surface area contributed by atoms with E-state index in [-0.39, 0.29) is 28.9 Å². The molecule has 0 saturated heterocycles. The minimum atomic E-state index is -0.306. The molecule has 1 unspecified atom stereocenters. The molecule has 3 aromatic rings. The Morgan fingerprint density at radius 3 is 2.61 bits per heavy atom. The van der Waals surface area contributed by atoms with Crippen molar-refractivity contribution in [1.29, 1.82) is 0 Å². The second kappa shape index (κ2) is 9.36. The zero-order valence-corrected chi connectivity index (χ0v) is 20.2. The van der Waals surface area contributed by atoms with Gasteiger partial charge >= 0.3 is 0 Å². The van der Waals surface area contributed by atoms with E-state index < -0.39 is 0 Å². The van der Waals surface area contributed by atoms with Gasteiger partial charge in [0.2, 0.25) is 5.91 Å². The Hall–Kier alpha value is -2.45. The van der Waals surface area contributed by atoms with Gasteiger partial charge in [-0.05, 0) is 65.0 Å². The van der Waals surface area contributed by atoms with Gasteiger partial charge in [0.25, 0.3) is 0 Å². The number of carbonyl (C=O) groups is 2. The molecule has 1 atom stereocenters. The summed E-state index contributed by atoms with van der Waals surface area (Å²) in [6, 6.07) is 9.31. The summed E-state index contributed by atoms with van der Waals surface area (Å²) in [5.41, 5.74) is 0.527. The summed E-state index contributed by atoms with van der Waals surface area (Å²) in [5, 5.41) is 4.61. The third kappa shape index (κ3) is 5.83. The van der Waals surface area contributed by atoms with Crippen molar-refractivity contribution < 1.29 is 14.3 Å². The zero-order valence-electron chi connectivity index (χ0n) is 18.6. The topological polar surface area (TPSA) is 81.2 Å². The number of Topliss-reactive ketones (excluding diaryl/α,β-unsaturated/α-hetero) is 1. The molecule has 0 aliphatic heterocycles. The van der Waals surface area contributed by atoms with Gasteiger partial charge in [0.15, 0.2) is 5.78 Å². The van der Waals surface area contributed by atoms with Gasteiger partial charge in [0, 0.05) is 15.8 Å². The molecule has 1 aromatic carbocycles. The first-order valence-electron chi connectivity index (χ1n) is 9.97. The number of fused-ring (bicyclic) bond motifs is 1. The molecule has 0 bridgehead atoms. The van der Waals surface area contributed by atoms with Crippen molar-refractivity contribution >= 4 is 45.7 Å². The Bertz CT molecular complexity index is 1120. The van der Waals surface area contributed by atoms with Crippen LogP contribution in [-0.4, -0.2) is 40.1 Å². The monoisotopic (exact) mass is 457 g/mol. The molecule has 2 aromatic heterocycles. The molecule has 0 saturated carbocycles. The summed E-state index contributed by atoms with van der Waals surface area (Å²) in [4.78, 5) is 35.8. The van der Waals surface area contributed by atoms with Crippen molar-refractivity contribution in [2.75, 3.05) is 12.9 Å². The number of methoxy groups -OCH3 is 1. The predicted octanol–water partition coefficient (Wildman–Crippen LogP) is 5.00. The highest BCUT2D eigenvalue weighted by atomic mass is 32.2. The van der Waals surface area contributed by atoms with Crippen LogP contribution in [0.5, 0.6) is 5.75 Å². The molecule has 0 fully saturated rings. The van der Waals surface area contributed by atoms with Crippen LogP contribution >= 0.6 is 23.1 Å². The van der Waals surface area contributed by atoms with E-state index in [2.05, 4.69) is 15.3 Å². The van der Waals surface area contributed by atoms with Crippen LogP contribution in [0.3, 0.4) is 0 Å². The number of ketones is 1. The zero-order chi connectivity index (χ0) is 22.8. The summed E-state index contributed by atoms with van der Waals surface area (Å²) < 4.78 is 5.31. The van der Waals surface area contributed by atoms with Crippen molar-refractivity contribution in [3.8, 4) is 5.75 Å². The third-order valence-corrected chi connectivity index (χ3v) is 6.84. The summed E-state index contributed by atoms with van der Waals surface area (Å²) in [6.45, 7) is 9.55. The smallest absolute Gasteiger partial charge is 0.228 e. The van der Waals surface area contributed by atoms with Crippen molar-refractivity contribution in [2.45, 2.75) is 51.1 Å². The Morgan fingerprint density at radius 1 is 1.19 bits per heavy atom. The lowest BCUT2D eigenvalue weighted by molar-refractivity contribution is -0.123. The van der Waals surface area contributed by atoms with Gasteiger partial charge in [0.1, 0.15) is 16.6 Å². The normalized spacial score (nSPS) is 12.6. The Morgan fingerprint density at radius 2 is 1.94 bits per heavy atom. The Kier molecular flexibility index (Phi) is 7.01. The van der Waals surface area contributed by atoms with E-state index in [1.54, 1.807) is 13.2 Å². The number of ether oxygens (including phenoxy) is 1. The van der Waals surface area contributed by atoms with E-state index in [0.29, 0.717) is 10.7 Å². The van der Waals surface area contributed by atoms with Crippen molar-refractivity contribution in [1.82, 2.24) is 15.3 Å². The number of aryl methyl sites for hydroxylation is 1. The molecular weight excluding hydrogens is 430 g/mol. The molecule has 0 spiro atoms. The number of nitrogens with zero attached hydrogens (tertiary/aromatic N) is 2. The minimum absolute atomic E-state index is 0.0111. The number of thiophene rings is 1. The van der Waals surface area contributed by atoms with E-state index >= 15 is 0 Å². The number of nitrogens with one attached hydrogen (secondary N) is 1. The number of aromatic nitrogens is 2. The van der Waals surface area contributed by atoms with Gasteiger partial charge in [-0.25, -0.2) is 9.97 Å². The van der Waals surface area contributed by atoms with E-state index in [9.17, 15) is 9.59 Å². The van der Waals surface area contributed by atoms with Crippen LogP contribution in [0.2, 0.25) is 0 Å². The van der Waals surface area contributed by atoms with Gasteiger partial charge in [-0.3, -0.25) is 9.59 Å². The highest BCUT2D eigenvalue weighted by molar-refractivity contribution is 8.00. The summed E-state index contributed by atoms with van der Waals surface area (Å²) in [5.74, 6) is 1.30. The van der Waals surface area contributed by atoms with E-state index in [4.69, 9.17) is 4.74 Å². The number of hydrogen-bond acceptors (Lipinski definition) is 7. The SMILES string of the molecule is COc1ccc2nc(C)nc(SCC(=O)c3ccc(C(C)C(=O)NC(C)(C)C)s3)c2c1. The van der Waals surface area contributed by atoms with Crippen LogP contribution in [0.4, 0.5) is 0 Å². The molecule has 31 heavy (non-hydrogen) atoms. The highest BCUT2D eigenvalue weighted by Crippen LogP contribution is 2.31. The number of hydrogen-bond donors (Lipinski definition) is 1. The average Bonchev–Trinajstić information content (AvgIpc) is 3.19. The maximum absolute atomic E-state index is 12.8. The van der Waals surface area contributed by atoms with Crippen molar-refractivity contribution in [3.05, 3.63) is 45.9 Å². The molecule has 3 rings (SSSR count). The van der Waals surface area contributed by atoms with E-state index in [1.807, 2.05) is 58.9 Å². The maximum atomic E-state index is 12.8. The molecule has 164 valence electrons. The van der Waals surface area contributed by atoms with Crippen molar-refractivity contribution in [2.24, 2.45) is 0 Å². The quantitative estimate of drug-likeness (QED) is 0.305. The maximum Gasteiger partial charge on any atom is 0.228 e. The van der Waals surface area contributed by atoms with Gasteiger partial charge in [-0.15, -0.1) is 11.3 Å². The highest BCUT2D eigenvalue weighted by Gasteiger charge is 2.23. The summed E-state index contributed by atoms with van der Waals surface area (Å²) >= 11 is 2.76. The van der Waals surface area contributed by atoms with Gasteiger partial charge in [0.05, 0.1) is 29.2 Å². The first-order valence-corrected chi connectivity index (χ1v) is 11.8. The fourth-order valence-corrected chi connectivity index (χ4v) is 5.00. The standard InChI is InChI=1S/C23H27N3O3S2/c1-13(21(28)26-23(3,4)5)19-9-10-20(31-19)18(27)12-30-22-16-11-15(29-6)7-8-17(16)24-14(2)25-22/h7-11,13H,12H2,1-6H3,(H,26,28). The van der Waals surface area contributed by atoms with Gasteiger partial charge in [-0.2, -0.15) is 0 Å². The van der Waals surface area contributed by atoms with Crippen LogP contribution < -0.4 is 10.1 Å². The summed E-state index contributed by atoms with van der Waals surface area (Å²) in [7, 11) is 1.61. The fourth-order valence-electron chi connectivity index (χ4n) is 2.97. The van der Waals surface area contributed by atoms with Gasteiger partial charge < -0.3 is 10.1 Å². The number of carbonyl (C=O) groups excluding carboxylic acids is 2. The predicted molar refractivity (Wildman–Crippen MR) is 127 cm³/mol. The number of amides is 1. The Labute approximate surface area is 190 Å². The lowest BCUT2D eigenvalue weighted by Crippen LogP contribution is -2.42.